The predicted octanol–water partition coefficient (Wildman–Crippen LogP) is 3.56. The molecule has 3 heterocycles. The summed E-state index contributed by atoms with van der Waals surface area (Å²) in [7, 11) is 1.51. The van der Waals surface area contributed by atoms with Crippen LogP contribution in [0.15, 0.2) is 41.4 Å². The Morgan fingerprint density at radius 1 is 1.24 bits per heavy atom. The van der Waals surface area contributed by atoms with E-state index in [1.807, 2.05) is 6.07 Å². The number of guanidine groups is 1. The monoisotopic (exact) mass is 470 g/mol. The molecule has 2 spiro atoms. The van der Waals surface area contributed by atoms with Crippen LogP contribution in [-0.2, 0) is 21.2 Å². The molecule has 1 fully saturated rings. The first kappa shape index (κ1) is 22.2. The van der Waals surface area contributed by atoms with Gasteiger partial charge in [-0.3, -0.25) is 9.69 Å². The zero-order chi connectivity index (χ0) is 24.3. The first-order valence-electron chi connectivity index (χ1n) is 10.8. The van der Waals surface area contributed by atoms with Gasteiger partial charge in [-0.15, -0.1) is 0 Å². The summed E-state index contributed by atoms with van der Waals surface area (Å²) in [6.07, 6.45) is -3.10. The Kier molecular flexibility index (Phi) is 4.88. The molecule has 1 amide bonds. The fraction of sp³-hybridized carbons (Fsp3) is 0.375. The highest BCUT2D eigenvalue weighted by Crippen LogP contribution is 2.52. The molecule has 2 atom stereocenters. The second-order valence-corrected chi connectivity index (χ2v) is 8.89. The Balaban J connectivity index is 1.72. The molecule has 7 nitrogen and oxygen atoms in total. The molecule has 0 aliphatic carbocycles. The second kappa shape index (κ2) is 7.46. The number of fused-ring (bicyclic) bond motifs is 2. The van der Waals surface area contributed by atoms with Crippen LogP contribution in [0.25, 0.3) is 11.1 Å². The molecular formula is C24H21F3N4O3. The van der Waals surface area contributed by atoms with Gasteiger partial charge in [0, 0.05) is 25.6 Å². The third-order valence-corrected chi connectivity index (χ3v) is 6.69. The summed E-state index contributed by atoms with van der Waals surface area (Å²) in [5.74, 6) is 0.00162. The smallest absolute Gasteiger partial charge is 0.417 e. The third kappa shape index (κ3) is 3.30. The van der Waals surface area contributed by atoms with Gasteiger partial charge in [-0.2, -0.15) is 18.4 Å². The van der Waals surface area contributed by atoms with Gasteiger partial charge in [-0.05, 0) is 54.3 Å². The number of likely N-dealkylation sites (N-methyl/N-ethyl adjacent to an activating group) is 1. The number of rotatable bonds is 1. The fourth-order valence-electron chi connectivity index (χ4n) is 5.08. The van der Waals surface area contributed by atoms with Crippen LogP contribution in [-0.4, -0.2) is 42.6 Å². The van der Waals surface area contributed by atoms with E-state index in [0.717, 1.165) is 18.6 Å². The second-order valence-electron chi connectivity index (χ2n) is 8.89. The van der Waals surface area contributed by atoms with Crippen molar-refractivity contribution < 1.29 is 27.4 Å². The van der Waals surface area contributed by atoms with Gasteiger partial charge in [0.2, 0.25) is 0 Å². The summed E-state index contributed by atoms with van der Waals surface area (Å²) < 4.78 is 53.3. The molecule has 2 N–H and O–H groups in total. The van der Waals surface area contributed by atoms with Crippen LogP contribution >= 0.6 is 0 Å². The van der Waals surface area contributed by atoms with E-state index in [1.165, 1.54) is 30.1 Å². The molecule has 34 heavy (non-hydrogen) atoms. The van der Waals surface area contributed by atoms with E-state index in [4.69, 9.17) is 15.2 Å². The normalized spacial score (nSPS) is 26.3. The lowest BCUT2D eigenvalue weighted by Gasteiger charge is -2.46. The van der Waals surface area contributed by atoms with Gasteiger partial charge in [0.1, 0.15) is 11.4 Å². The third-order valence-electron chi connectivity index (χ3n) is 6.69. The SMILES string of the molecule is CN1C(=O)[C@@]2(C[C@]3(CCCOC3)Oc3ccc(-c4cc(C#N)ccc4C(F)(F)F)cc32)N=C1N. The predicted molar refractivity (Wildman–Crippen MR) is 116 cm³/mol. The van der Waals surface area contributed by atoms with Gasteiger partial charge in [-0.1, -0.05) is 6.07 Å². The molecule has 3 aliphatic heterocycles. The molecule has 1 saturated heterocycles. The highest BCUT2D eigenvalue weighted by Gasteiger charge is 2.58. The highest BCUT2D eigenvalue weighted by molar-refractivity contribution is 6.07. The minimum Gasteiger partial charge on any atom is -0.484 e. The molecule has 2 aromatic rings. The Hall–Kier alpha value is -3.58. The molecule has 10 heteroatoms. The molecule has 0 unspecified atom stereocenters. The van der Waals surface area contributed by atoms with Crippen LogP contribution in [0.5, 0.6) is 5.75 Å². The van der Waals surface area contributed by atoms with Gasteiger partial charge in [0.25, 0.3) is 5.91 Å². The molecule has 2 aromatic carbocycles. The molecule has 0 saturated carbocycles. The molecule has 0 bridgehead atoms. The van der Waals surface area contributed by atoms with Crippen LogP contribution in [0.3, 0.4) is 0 Å². The van der Waals surface area contributed by atoms with Gasteiger partial charge in [-0.25, -0.2) is 4.99 Å². The van der Waals surface area contributed by atoms with E-state index < -0.39 is 22.9 Å². The van der Waals surface area contributed by atoms with Crippen molar-refractivity contribution in [2.24, 2.45) is 10.7 Å². The van der Waals surface area contributed by atoms with E-state index in [2.05, 4.69) is 4.99 Å². The summed E-state index contributed by atoms with van der Waals surface area (Å²) in [5, 5.41) is 9.25. The van der Waals surface area contributed by atoms with E-state index in [0.29, 0.717) is 24.3 Å². The number of nitriles is 1. The van der Waals surface area contributed by atoms with Crippen molar-refractivity contribution >= 4 is 11.9 Å². The fourth-order valence-corrected chi connectivity index (χ4v) is 5.08. The number of aliphatic imine (C=N–C) groups is 1. The number of ether oxygens (including phenoxy) is 2. The van der Waals surface area contributed by atoms with Crippen LogP contribution in [0.2, 0.25) is 0 Å². The van der Waals surface area contributed by atoms with Crippen LogP contribution in [0, 0.1) is 11.3 Å². The molecule has 5 rings (SSSR count). The van der Waals surface area contributed by atoms with Gasteiger partial charge in [0.15, 0.2) is 11.5 Å². The maximum absolute atomic E-state index is 13.8. The van der Waals surface area contributed by atoms with Crippen LogP contribution in [0.4, 0.5) is 13.2 Å². The molecule has 3 aliphatic rings. The zero-order valence-corrected chi connectivity index (χ0v) is 18.3. The lowest BCUT2D eigenvalue weighted by molar-refractivity contribution is -0.139. The first-order valence-corrected chi connectivity index (χ1v) is 10.8. The number of carbonyl (C=O) groups is 1. The first-order chi connectivity index (χ1) is 16.1. The maximum Gasteiger partial charge on any atom is 0.417 e. The summed E-state index contributed by atoms with van der Waals surface area (Å²) in [6.45, 7) is 0.851. The zero-order valence-electron chi connectivity index (χ0n) is 18.3. The lowest BCUT2D eigenvalue weighted by Crippen LogP contribution is -2.55. The topological polar surface area (TPSA) is 101 Å². The van der Waals surface area contributed by atoms with E-state index in [9.17, 15) is 23.2 Å². The van der Waals surface area contributed by atoms with Crippen molar-refractivity contribution in [3.63, 3.8) is 0 Å². The Morgan fingerprint density at radius 2 is 2.03 bits per heavy atom. The van der Waals surface area contributed by atoms with E-state index in [1.54, 1.807) is 6.07 Å². The lowest BCUT2D eigenvalue weighted by atomic mass is 9.73. The largest absolute Gasteiger partial charge is 0.484 e. The van der Waals surface area contributed by atoms with Crippen molar-refractivity contribution in [1.82, 2.24) is 4.90 Å². The van der Waals surface area contributed by atoms with Crippen LogP contribution < -0.4 is 10.5 Å². The number of halogens is 3. The average molecular weight is 470 g/mol. The van der Waals surface area contributed by atoms with Crippen molar-refractivity contribution in [3.8, 4) is 22.9 Å². The van der Waals surface area contributed by atoms with Crippen LogP contribution in [0.1, 0.15) is 36.0 Å². The summed E-state index contributed by atoms with van der Waals surface area (Å²) >= 11 is 0. The number of amides is 1. The highest BCUT2D eigenvalue weighted by atomic mass is 19.4. The number of nitrogens with zero attached hydrogens (tertiary/aromatic N) is 3. The standard InChI is InChI=1S/C24H21F3N4O3/c1-31-20(32)23(30-21(31)29)12-22(7-2-8-33-13-22)34-19-6-4-15(10-18(19)23)16-9-14(11-28)3-5-17(16)24(25,26)27/h3-6,9-10H,2,7-8,12-13H2,1H3,(H2,29,30)/t22-,23-/m0/s1. The Morgan fingerprint density at radius 3 is 2.65 bits per heavy atom. The minimum absolute atomic E-state index is 0.0255. The number of nitrogens with two attached hydrogens (primary N) is 1. The van der Waals surface area contributed by atoms with Gasteiger partial charge in [0.05, 0.1) is 23.8 Å². The summed E-state index contributed by atoms with van der Waals surface area (Å²) in [4.78, 5) is 19.2. The van der Waals surface area contributed by atoms with E-state index >= 15 is 0 Å². The summed E-state index contributed by atoms with van der Waals surface area (Å²) in [6, 6.07) is 9.63. The van der Waals surface area contributed by atoms with Crippen molar-refractivity contribution in [2.75, 3.05) is 20.3 Å². The average Bonchev–Trinajstić information content (AvgIpc) is 3.02. The number of carbonyl (C=O) groups excluding carboxylic acids is 1. The maximum atomic E-state index is 13.8. The number of hydrogen-bond donors (Lipinski definition) is 1. The summed E-state index contributed by atoms with van der Waals surface area (Å²) in [5.41, 5.74) is 3.36. The van der Waals surface area contributed by atoms with Gasteiger partial charge >= 0.3 is 6.18 Å². The van der Waals surface area contributed by atoms with Gasteiger partial charge < -0.3 is 15.2 Å². The molecule has 0 radical (unpaired) electrons. The molecular weight excluding hydrogens is 449 g/mol. The molecule has 176 valence electrons. The van der Waals surface area contributed by atoms with Crippen molar-refractivity contribution in [3.05, 3.63) is 53.1 Å². The minimum atomic E-state index is -4.64. The quantitative estimate of drug-likeness (QED) is 0.687. The van der Waals surface area contributed by atoms with E-state index in [-0.39, 0.29) is 41.6 Å². The Labute approximate surface area is 193 Å². The van der Waals surface area contributed by atoms with Crippen molar-refractivity contribution in [2.45, 2.75) is 36.6 Å². The number of hydrogen-bond acceptors (Lipinski definition) is 6. The molecule has 0 aromatic heterocycles. The van der Waals surface area contributed by atoms with Crippen molar-refractivity contribution in [1.29, 1.82) is 5.26 Å². The number of benzene rings is 2. The number of alkyl halides is 3. The Bertz CT molecular complexity index is 1260.